The summed E-state index contributed by atoms with van der Waals surface area (Å²) in [6.45, 7) is 3.67. The molecule has 2 rings (SSSR count). The average molecular weight is 274 g/mol. The van der Waals surface area contributed by atoms with E-state index in [1.807, 2.05) is 0 Å². The summed E-state index contributed by atoms with van der Waals surface area (Å²) >= 11 is 0. The number of sulfonamides is 1. The topological polar surface area (TPSA) is 49.4 Å². The van der Waals surface area contributed by atoms with Crippen LogP contribution >= 0.6 is 0 Å². The van der Waals surface area contributed by atoms with Gasteiger partial charge in [-0.05, 0) is 45.1 Å². The van der Waals surface area contributed by atoms with Crippen molar-refractivity contribution in [2.24, 2.45) is 0 Å². The number of hydrogen-bond acceptors (Lipinski definition) is 3. The molecule has 0 amide bonds. The van der Waals surface area contributed by atoms with Crippen molar-refractivity contribution in [2.45, 2.75) is 64.0 Å². The van der Waals surface area contributed by atoms with Crippen LogP contribution in [0.3, 0.4) is 0 Å². The Morgan fingerprint density at radius 2 is 2.00 bits per heavy atom. The Kier molecular flexibility index (Phi) is 5.04. The van der Waals surface area contributed by atoms with Crippen LogP contribution in [0.5, 0.6) is 0 Å². The van der Waals surface area contributed by atoms with Gasteiger partial charge in [-0.3, -0.25) is 0 Å². The third kappa shape index (κ3) is 3.93. The van der Waals surface area contributed by atoms with Crippen LogP contribution in [0.4, 0.5) is 0 Å². The fourth-order valence-corrected chi connectivity index (χ4v) is 4.57. The first kappa shape index (κ1) is 14.3. The molecular weight excluding hydrogens is 248 g/mol. The molecule has 1 aliphatic heterocycles. The van der Waals surface area contributed by atoms with Gasteiger partial charge in [0.15, 0.2) is 0 Å². The highest BCUT2D eigenvalue weighted by atomic mass is 32.2. The number of piperidine rings is 1. The van der Waals surface area contributed by atoms with Crippen LogP contribution in [0.2, 0.25) is 0 Å². The van der Waals surface area contributed by atoms with Crippen LogP contribution < -0.4 is 5.32 Å². The van der Waals surface area contributed by atoms with Gasteiger partial charge in [0, 0.05) is 18.6 Å². The van der Waals surface area contributed by atoms with Gasteiger partial charge in [0.2, 0.25) is 10.0 Å². The zero-order chi connectivity index (χ0) is 13.0. The quantitative estimate of drug-likeness (QED) is 0.719. The minimum atomic E-state index is -3.03. The first-order valence-electron chi connectivity index (χ1n) is 7.36. The predicted octanol–water partition coefficient (Wildman–Crippen LogP) is 1.72. The molecule has 2 aliphatic rings. The lowest BCUT2D eigenvalue weighted by atomic mass is 10.0. The standard InChI is InChI=1S/C13H26N2O2S/c1-2-13-6-3-4-10-15(13)18(16,17)11-5-9-14-12-7-8-12/h12-14H,2-11H2,1H3. The van der Waals surface area contributed by atoms with Crippen molar-refractivity contribution < 1.29 is 8.42 Å². The summed E-state index contributed by atoms with van der Waals surface area (Å²) in [5.74, 6) is 0.309. The van der Waals surface area contributed by atoms with Gasteiger partial charge in [-0.15, -0.1) is 0 Å². The van der Waals surface area contributed by atoms with E-state index in [2.05, 4.69) is 12.2 Å². The minimum Gasteiger partial charge on any atom is -0.314 e. The largest absolute Gasteiger partial charge is 0.314 e. The number of nitrogens with zero attached hydrogens (tertiary/aromatic N) is 1. The summed E-state index contributed by atoms with van der Waals surface area (Å²) in [5, 5.41) is 3.37. The van der Waals surface area contributed by atoms with Crippen LogP contribution in [0.1, 0.15) is 51.9 Å². The van der Waals surface area contributed by atoms with E-state index in [0.717, 1.165) is 38.8 Å². The molecule has 1 N–H and O–H groups in total. The average Bonchev–Trinajstić information content (AvgIpc) is 3.19. The molecule has 2 fully saturated rings. The van der Waals surface area contributed by atoms with E-state index in [4.69, 9.17) is 0 Å². The van der Waals surface area contributed by atoms with Crippen molar-refractivity contribution in [3.8, 4) is 0 Å². The summed E-state index contributed by atoms with van der Waals surface area (Å²) in [6, 6.07) is 0.922. The van der Waals surface area contributed by atoms with Crippen molar-refractivity contribution in [3.63, 3.8) is 0 Å². The van der Waals surface area contributed by atoms with Crippen molar-refractivity contribution in [3.05, 3.63) is 0 Å². The second kappa shape index (κ2) is 6.35. The molecule has 1 aliphatic carbocycles. The summed E-state index contributed by atoms with van der Waals surface area (Å²) in [4.78, 5) is 0. The molecule has 0 spiro atoms. The second-order valence-electron chi connectivity index (χ2n) is 5.57. The molecule has 18 heavy (non-hydrogen) atoms. The summed E-state index contributed by atoms with van der Waals surface area (Å²) in [6.07, 6.45) is 7.44. The molecule has 0 bridgehead atoms. The first-order chi connectivity index (χ1) is 8.63. The molecule has 5 heteroatoms. The molecule has 1 saturated carbocycles. The molecule has 0 radical (unpaired) electrons. The summed E-state index contributed by atoms with van der Waals surface area (Å²) in [5.41, 5.74) is 0. The first-order valence-corrected chi connectivity index (χ1v) is 8.97. The van der Waals surface area contributed by atoms with E-state index in [9.17, 15) is 8.42 Å². The van der Waals surface area contributed by atoms with Gasteiger partial charge in [-0.1, -0.05) is 13.3 Å². The minimum absolute atomic E-state index is 0.250. The van der Waals surface area contributed by atoms with E-state index in [1.54, 1.807) is 4.31 Å². The third-order valence-corrected chi connectivity index (χ3v) is 5.99. The van der Waals surface area contributed by atoms with Crippen molar-refractivity contribution in [2.75, 3.05) is 18.8 Å². The summed E-state index contributed by atoms with van der Waals surface area (Å²) in [7, 11) is -3.03. The molecule has 4 nitrogen and oxygen atoms in total. The molecule has 0 aromatic rings. The zero-order valence-corrected chi connectivity index (χ0v) is 12.2. The lowest BCUT2D eigenvalue weighted by Gasteiger charge is -2.34. The Balaban J connectivity index is 1.79. The Morgan fingerprint density at radius 1 is 1.22 bits per heavy atom. The van der Waals surface area contributed by atoms with Gasteiger partial charge in [-0.2, -0.15) is 4.31 Å². The molecule has 1 heterocycles. The Hall–Kier alpha value is -0.130. The van der Waals surface area contributed by atoms with Gasteiger partial charge in [-0.25, -0.2) is 8.42 Å². The van der Waals surface area contributed by atoms with E-state index in [1.165, 1.54) is 19.3 Å². The van der Waals surface area contributed by atoms with Crippen LogP contribution in [-0.4, -0.2) is 43.6 Å². The molecule has 0 aromatic heterocycles. The molecule has 106 valence electrons. The van der Waals surface area contributed by atoms with Gasteiger partial charge in [0.1, 0.15) is 0 Å². The number of nitrogens with one attached hydrogen (secondary N) is 1. The van der Waals surface area contributed by atoms with Crippen LogP contribution in [0, 0.1) is 0 Å². The maximum absolute atomic E-state index is 12.3. The van der Waals surface area contributed by atoms with Crippen LogP contribution in [0.25, 0.3) is 0 Å². The highest BCUT2D eigenvalue weighted by Crippen LogP contribution is 2.23. The lowest BCUT2D eigenvalue weighted by Crippen LogP contribution is -2.44. The second-order valence-corrected chi connectivity index (χ2v) is 7.61. The Morgan fingerprint density at radius 3 is 2.67 bits per heavy atom. The highest BCUT2D eigenvalue weighted by Gasteiger charge is 2.30. The summed E-state index contributed by atoms with van der Waals surface area (Å²) < 4.78 is 26.4. The van der Waals surface area contributed by atoms with Crippen molar-refractivity contribution >= 4 is 10.0 Å². The molecule has 1 saturated heterocycles. The zero-order valence-electron chi connectivity index (χ0n) is 11.4. The Labute approximate surface area is 111 Å². The number of rotatable bonds is 7. The van der Waals surface area contributed by atoms with Gasteiger partial charge >= 0.3 is 0 Å². The molecular formula is C13H26N2O2S. The SMILES string of the molecule is CCC1CCCCN1S(=O)(=O)CCCNC1CC1. The van der Waals surface area contributed by atoms with Gasteiger partial charge in [0.05, 0.1) is 5.75 Å². The van der Waals surface area contributed by atoms with E-state index in [0.29, 0.717) is 11.8 Å². The monoisotopic (exact) mass is 274 g/mol. The van der Waals surface area contributed by atoms with E-state index in [-0.39, 0.29) is 6.04 Å². The van der Waals surface area contributed by atoms with Crippen molar-refractivity contribution in [1.29, 1.82) is 0 Å². The fraction of sp³-hybridized carbons (Fsp3) is 1.00. The highest BCUT2D eigenvalue weighted by molar-refractivity contribution is 7.89. The molecule has 0 aromatic carbocycles. The molecule has 1 atom stereocenters. The number of hydrogen-bond donors (Lipinski definition) is 1. The van der Waals surface area contributed by atoms with E-state index >= 15 is 0 Å². The fourth-order valence-electron chi connectivity index (χ4n) is 2.71. The Bertz CT molecular complexity index is 352. The van der Waals surface area contributed by atoms with Gasteiger partial charge in [0.25, 0.3) is 0 Å². The predicted molar refractivity (Wildman–Crippen MR) is 74.1 cm³/mol. The van der Waals surface area contributed by atoms with Crippen LogP contribution in [-0.2, 0) is 10.0 Å². The smallest absolute Gasteiger partial charge is 0.214 e. The molecule has 1 unspecified atom stereocenters. The lowest BCUT2D eigenvalue weighted by molar-refractivity contribution is 0.246. The van der Waals surface area contributed by atoms with Crippen LogP contribution in [0.15, 0.2) is 0 Å². The maximum Gasteiger partial charge on any atom is 0.214 e. The maximum atomic E-state index is 12.3. The third-order valence-electron chi connectivity index (χ3n) is 3.99. The van der Waals surface area contributed by atoms with Gasteiger partial charge < -0.3 is 5.32 Å². The van der Waals surface area contributed by atoms with Crippen molar-refractivity contribution in [1.82, 2.24) is 9.62 Å². The normalized spacial score (nSPS) is 26.4. The van der Waals surface area contributed by atoms with E-state index < -0.39 is 10.0 Å².